The lowest BCUT2D eigenvalue weighted by Gasteiger charge is -2.30. The average Bonchev–Trinajstić information content (AvgIpc) is 2.48. The highest BCUT2D eigenvalue weighted by molar-refractivity contribution is 5.95. The van der Waals surface area contributed by atoms with E-state index in [0.29, 0.717) is 6.54 Å². The van der Waals surface area contributed by atoms with Crippen LogP contribution in [0.4, 0.5) is 0 Å². The lowest BCUT2D eigenvalue weighted by molar-refractivity contribution is -0.0108. The van der Waals surface area contributed by atoms with Gasteiger partial charge in [-0.3, -0.25) is 4.79 Å². The van der Waals surface area contributed by atoms with Crippen LogP contribution in [0.2, 0.25) is 0 Å². The molecule has 0 aliphatic carbocycles. The molecule has 0 radical (unpaired) electrons. The molecule has 98 valence electrons. The van der Waals surface area contributed by atoms with Crippen molar-refractivity contribution in [2.45, 2.75) is 26.4 Å². The van der Waals surface area contributed by atoms with Gasteiger partial charge >= 0.3 is 0 Å². The Morgan fingerprint density at radius 1 is 1.39 bits per heavy atom. The zero-order chi connectivity index (χ0) is 13.6. The second-order valence-corrected chi connectivity index (χ2v) is 5.69. The molecule has 0 aromatic carbocycles. The van der Waals surface area contributed by atoms with Crippen molar-refractivity contribution >= 4 is 5.91 Å². The quantitative estimate of drug-likeness (QED) is 0.780. The average molecular weight is 250 g/mol. The van der Waals surface area contributed by atoms with Gasteiger partial charge in [0.15, 0.2) is 5.69 Å². The SMILES string of the molecule is CC1(C)CN(C(=O)c2ncccc2O)C[C@]1(C)O. The van der Waals surface area contributed by atoms with E-state index in [9.17, 15) is 15.0 Å². The lowest BCUT2D eigenvalue weighted by atomic mass is 9.79. The summed E-state index contributed by atoms with van der Waals surface area (Å²) in [6.45, 7) is 6.24. The third-order valence-corrected chi connectivity index (χ3v) is 3.82. The van der Waals surface area contributed by atoms with E-state index < -0.39 is 5.60 Å². The number of carbonyl (C=O) groups is 1. The number of β-amino-alcohol motifs (C(OH)–C–C–N with tert-alkyl or cyclic N) is 1. The van der Waals surface area contributed by atoms with Crippen LogP contribution in [0.5, 0.6) is 5.75 Å². The first-order chi connectivity index (χ1) is 8.24. The van der Waals surface area contributed by atoms with Crippen molar-refractivity contribution in [1.82, 2.24) is 9.88 Å². The minimum atomic E-state index is -0.937. The van der Waals surface area contributed by atoms with Gasteiger partial charge < -0.3 is 15.1 Å². The van der Waals surface area contributed by atoms with Crippen molar-refractivity contribution < 1.29 is 15.0 Å². The Morgan fingerprint density at radius 3 is 2.56 bits per heavy atom. The maximum Gasteiger partial charge on any atom is 0.276 e. The molecule has 5 heteroatoms. The van der Waals surface area contributed by atoms with Crippen LogP contribution in [0.1, 0.15) is 31.3 Å². The van der Waals surface area contributed by atoms with Gasteiger partial charge in [0, 0.05) is 18.2 Å². The first kappa shape index (κ1) is 12.8. The standard InChI is InChI=1S/C13H18N2O3/c1-12(2)7-15(8-13(12,3)18)11(17)10-9(16)5-4-6-14-10/h4-6,16,18H,7-8H2,1-3H3/t13-/m0/s1. The van der Waals surface area contributed by atoms with Crippen LogP contribution in [-0.4, -0.2) is 44.7 Å². The number of hydrogen-bond acceptors (Lipinski definition) is 4. The van der Waals surface area contributed by atoms with Gasteiger partial charge in [-0.25, -0.2) is 4.98 Å². The van der Waals surface area contributed by atoms with E-state index in [-0.39, 0.29) is 29.3 Å². The van der Waals surface area contributed by atoms with E-state index in [2.05, 4.69) is 4.98 Å². The number of pyridine rings is 1. The van der Waals surface area contributed by atoms with Gasteiger partial charge in [-0.15, -0.1) is 0 Å². The number of nitrogens with zero attached hydrogens (tertiary/aromatic N) is 2. The molecule has 1 aliphatic rings. The molecule has 1 aliphatic heterocycles. The van der Waals surface area contributed by atoms with Crippen LogP contribution in [0.3, 0.4) is 0 Å². The normalized spacial score (nSPS) is 26.3. The number of aromatic hydroxyl groups is 1. The van der Waals surface area contributed by atoms with Crippen LogP contribution in [-0.2, 0) is 0 Å². The van der Waals surface area contributed by atoms with Crippen LogP contribution < -0.4 is 0 Å². The van der Waals surface area contributed by atoms with Crippen LogP contribution in [0.25, 0.3) is 0 Å². The molecule has 1 aromatic heterocycles. The topological polar surface area (TPSA) is 73.7 Å². The first-order valence-corrected chi connectivity index (χ1v) is 5.90. The molecule has 1 fully saturated rings. The highest BCUT2D eigenvalue weighted by Gasteiger charge is 2.49. The maximum absolute atomic E-state index is 12.2. The minimum Gasteiger partial charge on any atom is -0.505 e. The Hall–Kier alpha value is -1.62. The summed E-state index contributed by atoms with van der Waals surface area (Å²) in [5, 5.41) is 19.9. The van der Waals surface area contributed by atoms with Crippen molar-refractivity contribution in [2.24, 2.45) is 5.41 Å². The van der Waals surface area contributed by atoms with E-state index in [1.165, 1.54) is 17.2 Å². The van der Waals surface area contributed by atoms with Gasteiger partial charge in [-0.1, -0.05) is 13.8 Å². The summed E-state index contributed by atoms with van der Waals surface area (Å²) in [6, 6.07) is 3.00. The highest BCUT2D eigenvalue weighted by Crippen LogP contribution is 2.39. The van der Waals surface area contributed by atoms with Crippen molar-refractivity contribution in [3.63, 3.8) is 0 Å². The maximum atomic E-state index is 12.2. The monoisotopic (exact) mass is 250 g/mol. The molecule has 1 saturated heterocycles. The molecule has 2 rings (SSSR count). The number of aliphatic hydroxyl groups is 1. The second-order valence-electron chi connectivity index (χ2n) is 5.69. The first-order valence-electron chi connectivity index (χ1n) is 5.90. The zero-order valence-electron chi connectivity index (χ0n) is 10.8. The predicted octanol–water partition coefficient (Wildman–Crippen LogP) is 1.02. The number of amides is 1. The number of carbonyl (C=O) groups excluding carboxylic acids is 1. The summed E-state index contributed by atoms with van der Waals surface area (Å²) < 4.78 is 0. The Kier molecular flexibility index (Phi) is 2.81. The molecule has 5 nitrogen and oxygen atoms in total. The largest absolute Gasteiger partial charge is 0.505 e. The van der Waals surface area contributed by atoms with Crippen LogP contribution in [0, 0.1) is 5.41 Å². The molecule has 2 heterocycles. The summed E-state index contributed by atoms with van der Waals surface area (Å²) in [4.78, 5) is 17.7. The Morgan fingerprint density at radius 2 is 2.06 bits per heavy atom. The van der Waals surface area contributed by atoms with Gasteiger partial charge in [-0.2, -0.15) is 0 Å². The lowest BCUT2D eigenvalue weighted by Crippen LogP contribution is -2.40. The molecular formula is C13H18N2O3. The van der Waals surface area contributed by atoms with Crippen molar-refractivity contribution in [3.05, 3.63) is 24.0 Å². The van der Waals surface area contributed by atoms with Crippen molar-refractivity contribution in [3.8, 4) is 5.75 Å². The van der Waals surface area contributed by atoms with Gasteiger partial charge in [-0.05, 0) is 19.1 Å². The van der Waals surface area contributed by atoms with Gasteiger partial charge in [0.05, 0.1) is 12.1 Å². The van der Waals surface area contributed by atoms with Crippen LogP contribution >= 0.6 is 0 Å². The summed E-state index contributed by atoms with van der Waals surface area (Å²) in [7, 11) is 0. The Bertz CT molecular complexity index is 467. The van der Waals surface area contributed by atoms with E-state index in [1.807, 2.05) is 13.8 Å². The Balaban J connectivity index is 2.26. The molecule has 0 bridgehead atoms. The molecular weight excluding hydrogens is 232 g/mol. The molecule has 1 atom stereocenters. The summed E-state index contributed by atoms with van der Waals surface area (Å²) in [6.07, 6.45) is 1.46. The van der Waals surface area contributed by atoms with Crippen LogP contribution in [0.15, 0.2) is 18.3 Å². The van der Waals surface area contributed by atoms with Gasteiger partial charge in [0.25, 0.3) is 5.91 Å². The molecule has 2 N–H and O–H groups in total. The molecule has 0 spiro atoms. The molecule has 0 saturated carbocycles. The molecule has 18 heavy (non-hydrogen) atoms. The number of aromatic nitrogens is 1. The van der Waals surface area contributed by atoms with Gasteiger partial charge in [0.2, 0.25) is 0 Å². The Labute approximate surface area is 106 Å². The summed E-state index contributed by atoms with van der Waals surface area (Å²) >= 11 is 0. The summed E-state index contributed by atoms with van der Waals surface area (Å²) in [5.41, 5.74) is -1.29. The number of rotatable bonds is 1. The fourth-order valence-electron chi connectivity index (χ4n) is 2.14. The summed E-state index contributed by atoms with van der Waals surface area (Å²) in [5.74, 6) is -0.481. The fraction of sp³-hybridized carbons (Fsp3) is 0.538. The third kappa shape index (κ3) is 1.95. The zero-order valence-corrected chi connectivity index (χ0v) is 10.8. The molecule has 1 aromatic rings. The van der Waals surface area contributed by atoms with Gasteiger partial charge in [0.1, 0.15) is 5.75 Å². The van der Waals surface area contributed by atoms with E-state index in [0.717, 1.165) is 0 Å². The number of likely N-dealkylation sites (tertiary alicyclic amines) is 1. The predicted molar refractivity (Wildman–Crippen MR) is 66.2 cm³/mol. The highest BCUT2D eigenvalue weighted by atomic mass is 16.3. The fourth-order valence-corrected chi connectivity index (χ4v) is 2.14. The van der Waals surface area contributed by atoms with E-state index >= 15 is 0 Å². The minimum absolute atomic E-state index is 0.0333. The third-order valence-electron chi connectivity index (χ3n) is 3.82. The van der Waals surface area contributed by atoms with Crippen molar-refractivity contribution in [1.29, 1.82) is 0 Å². The smallest absolute Gasteiger partial charge is 0.276 e. The molecule has 0 unspecified atom stereocenters. The van der Waals surface area contributed by atoms with E-state index in [1.54, 1.807) is 13.0 Å². The second kappa shape index (κ2) is 3.95. The molecule has 1 amide bonds. The van der Waals surface area contributed by atoms with Crippen molar-refractivity contribution in [2.75, 3.05) is 13.1 Å². The number of hydrogen-bond donors (Lipinski definition) is 2. The van der Waals surface area contributed by atoms with E-state index in [4.69, 9.17) is 0 Å².